The summed E-state index contributed by atoms with van der Waals surface area (Å²) in [5.41, 5.74) is 1.13. The SMILES string of the molecule is Fc1ccccc1OC[C@@H]1CCCN(Cc2ccn[nH]2)C1. The third-order valence-electron chi connectivity index (χ3n) is 3.87. The fourth-order valence-electron chi connectivity index (χ4n) is 2.81. The van der Waals surface area contributed by atoms with Crippen molar-refractivity contribution in [1.82, 2.24) is 15.1 Å². The Hall–Kier alpha value is -1.88. The fraction of sp³-hybridized carbons (Fsp3) is 0.438. The van der Waals surface area contributed by atoms with Crippen LogP contribution in [0.25, 0.3) is 0 Å². The van der Waals surface area contributed by atoms with E-state index in [1.807, 2.05) is 6.07 Å². The molecule has 1 aliphatic heterocycles. The number of hydrogen-bond donors (Lipinski definition) is 1. The van der Waals surface area contributed by atoms with Crippen LogP contribution in [0.15, 0.2) is 36.5 Å². The molecule has 1 aromatic heterocycles. The number of H-pyrrole nitrogens is 1. The van der Waals surface area contributed by atoms with E-state index in [4.69, 9.17) is 4.74 Å². The van der Waals surface area contributed by atoms with Crippen LogP contribution in [0.5, 0.6) is 5.75 Å². The van der Waals surface area contributed by atoms with Crippen LogP contribution in [0, 0.1) is 11.7 Å². The quantitative estimate of drug-likeness (QED) is 0.920. The average Bonchev–Trinajstić information content (AvgIpc) is 3.00. The summed E-state index contributed by atoms with van der Waals surface area (Å²) in [4.78, 5) is 2.40. The Balaban J connectivity index is 1.51. The Kier molecular flexibility index (Phi) is 4.50. The Morgan fingerprint density at radius 2 is 2.24 bits per heavy atom. The third-order valence-corrected chi connectivity index (χ3v) is 3.87. The first-order valence-electron chi connectivity index (χ1n) is 7.39. The first kappa shape index (κ1) is 14.1. The van der Waals surface area contributed by atoms with Crippen LogP contribution in [0.2, 0.25) is 0 Å². The van der Waals surface area contributed by atoms with Crippen molar-refractivity contribution in [2.45, 2.75) is 19.4 Å². The first-order chi connectivity index (χ1) is 10.3. The molecule has 0 radical (unpaired) electrons. The molecule has 3 rings (SSSR count). The Bertz CT molecular complexity index is 558. The molecule has 0 spiro atoms. The summed E-state index contributed by atoms with van der Waals surface area (Å²) in [5, 5.41) is 6.97. The molecule has 2 aromatic rings. The van der Waals surface area contributed by atoms with Crippen LogP contribution < -0.4 is 4.74 Å². The van der Waals surface area contributed by atoms with Crippen LogP contribution in [0.4, 0.5) is 4.39 Å². The lowest BCUT2D eigenvalue weighted by Gasteiger charge is -2.32. The zero-order valence-electron chi connectivity index (χ0n) is 12.0. The highest BCUT2D eigenvalue weighted by atomic mass is 19.1. The molecule has 0 aliphatic carbocycles. The number of aromatic amines is 1. The van der Waals surface area contributed by atoms with Gasteiger partial charge in [-0.05, 0) is 37.6 Å². The normalized spacial score (nSPS) is 19.6. The maximum atomic E-state index is 13.5. The molecule has 1 aliphatic rings. The van der Waals surface area contributed by atoms with Crippen LogP contribution in [-0.2, 0) is 6.54 Å². The molecule has 0 bridgehead atoms. The molecule has 0 unspecified atom stereocenters. The predicted octanol–water partition coefficient (Wildman–Crippen LogP) is 2.84. The second kappa shape index (κ2) is 6.72. The number of nitrogens with one attached hydrogen (secondary N) is 1. The molecule has 21 heavy (non-hydrogen) atoms. The second-order valence-electron chi connectivity index (χ2n) is 5.57. The fourth-order valence-corrected chi connectivity index (χ4v) is 2.81. The smallest absolute Gasteiger partial charge is 0.165 e. The minimum atomic E-state index is -0.289. The molecule has 112 valence electrons. The summed E-state index contributed by atoms with van der Waals surface area (Å²) >= 11 is 0. The van der Waals surface area contributed by atoms with Crippen molar-refractivity contribution < 1.29 is 9.13 Å². The maximum Gasteiger partial charge on any atom is 0.165 e. The molecule has 1 fully saturated rings. The highest BCUT2D eigenvalue weighted by molar-refractivity contribution is 5.23. The lowest BCUT2D eigenvalue weighted by molar-refractivity contribution is 0.122. The van der Waals surface area contributed by atoms with Crippen molar-refractivity contribution in [3.63, 3.8) is 0 Å². The highest BCUT2D eigenvalue weighted by Gasteiger charge is 2.21. The third kappa shape index (κ3) is 3.82. The monoisotopic (exact) mass is 289 g/mol. The minimum absolute atomic E-state index is 0.289. The topological polar surface area (TPSA) is 41.1 Å². The molecule has 5 heteroatoms. The van der Waals surface area contributed by atoms with Gasteiger partial charge in [-0.1, -0.05) is 12.1 Å². The molecular weight excluding hydrogens is 269 g/mol. The van der Waals surface area contributed by atoms with Crippen molar-refractivity contribution in [2.75, 3.05) is 19.7 Å². The molecule has 1 saturated heterocycles. The van der Waals surface area contributed by atoms with Gasteiger partial charge in [0.25, 0.3) is 0 Å². The van der Waals surface area contributed by atoms with Crippen molar-refractivity contribution in [3.05, 3.63) is 48.0 Å². The summed E-state index contributed by atoms with van der Waals surface area (Å²) in [7, 11) is 0. The van der Waals surface area contributed by atoms with E-state index >= 15 is 0 Å². The molecular formula is C16H20FN3O. The Morgan fingerprint density at radius 1 is 1.33 bits per heavy atom. The van der Waals surface area contributed by atoms with Gasteiger partial charge in [0.2, 0.25) is 0 Å². The number of nitrogens with zero attached hydrogens (tertiary/aromatic N) is 2. The van der Waals surface area contributed by atoms with E-state index in [0.717, 1.165) is 38.2 Å². The van der Waals surface area contributed by atoms with Gasteiger partial charge in [-0.2, -0.15) is 5.10 Å². The number of halogens is 1. The number of hydrogen-bond acceptors (Lipinski definition) is 3. The van der Waals surface area contributed by atoms with Crippen LogP contribution >= 0.6 is 0 Å². The highest BCUT2D eigenvalue weighted by Crippen LogP contribution is 2.21. The van der Waals surface area contributed by atoms with Crippen molar-refractivity contribution in [3.8, 4) is 5.75 Å². The van der Waals surface area contributed by atoms with Crippen LogP contribution in [-0.4, -0.2) is 34.8 Å². The van der Waals surface area contributed by atoms with E-state index < -0.39 is 0 Å². The number of para-hydroxylation sites is 1. The predicted molar refractivity (Wildman–Crippen MR) is 78.5 cm³/mol. The number of benzene rings is 1. The van der Waals surface area contributed by atoms with Crippen molar-refractivity contribution >= 4 is 0 Å². The van der Waals surface area contributed by atoms with Gasteiger partial charge < -0.3 is 4.74 Å². The van der Waals surface area contributed by atoms with Gasteiger partial charge in [0.15, 0.2) is 11.6 Å². The second-order valence-corrected chi connectivity index (χ2v) is 5.57. The summed E-state index contributed by atoms with van der Waals surface area (Å²) in [6.45, 7) is 3.53. The molecule has 2 heterocycles. The lowest BCUT2D eigenvalue weighted by atomic mass is 9.99. The van der Waals surface area contributed by atoms with Crippen molar-refractivity contribution in [1.29, 1.82) is 0 Å². The maximum absolute atomic E-state index is 13.5. The van der Waals surface area contributed by atoms with E-state index in [0.29, 0.717) is 18.3 Å². The van der Waals surface area contributed by atoms with E-state index in [9.17, 15) is 4.39 Å². The van der Waals surface area contributed by atoms with Crippen LogP contribution in [0.3, 0.4) is 0 Å². The Morgan fingerprint density at radius 3 is 3.05 bits per heavy atom. The van der Waals surface area contributed by atoms with E-state index in [-0.39, 0.29) is 5.82 Å². The first-order valence-corrected chi connectivity index (χ1v) is 7.39. The summed E-state index contributed by atoms with van der Waals surface area (Å²) < 4.78 is 19.2. The summed E-state index contributed by atoms with van der Waals surface area (Å²) in [6.07, 6.45) is 4.06. The van der Waals surface area contributed by atoms with Crippen molar-refractivity contribution in [2.24, 2.45) is 5.92 Å². The van der Waals surface area contributed by atoms with Gasteiger partial charge >= 0.3 is 0 Å². The largest absolute Gasteiger partial charge is 0.490 e. The summed E-state index contributed by atoms with van der Waals surface area (Å²) in [5.74, 6) is 0.507. The number of ether oxygens (including phenoxy) is 1. The van der Waals surface area contributed by atoms with Gasteiger partial charge in [-0.15, -0.1) is 0 Å². The minimum Gasteiger partial charge on any atom is -0.490 e. The van der Waals surface area contributed by atoms with E-state index in [2.05, 4.69) is 15.1 Å². The summed E-state index contributed by atoms with van der Waals surface area (Å²) in [6, 6.07) is 8.58. The number of aromatic nitrogens is 2. The zero-order chi connectivity index (χ0) is 14.5. The lowest BCUT2D eigenvalue weighted by Crippen LogP contribution is -2.37. The molecule has 0 saturated carbocycles. The van der Waals surface area contributed by atoms with Gasteiger partial charge in [-0.3, -0.25) is 10.00 Å². The molecule has 1 atom stereocenters. The van der Waals surface area contributed by atoms with E-state index in [1.54, 1.807) is 24.4 Å². The number of likely N-dealkylation sites (tertiary alicyclic amines) is 1. The van der Waals surface area contributed by atoms with E-state index in [1.165, 1.54) is 6.07 Å². The number of piperidine rings is 1. The molecule has 1 aromatic carbocycles. The van der Waals surface area contributed by atoms with Gasteiger partial charge in [0.1, 0.15) is 0 Å². The molecule has 1 N–H and O–H groups in total. The zero-order valence-corrected chi connectivity index (χ0v) is 12.0. The van der Waals surface area contributed by atoms with Gasteiger partial charge in [0, 0.05) is 30.9 Å². The molecule has 4 nitrogen and oxygen atoms in total. The molecule has 0 amide bonds. The van der Waals surface area contributed by atoms with Gasteiger partial charge in [-0.25, -0.2) is 4.39 Å². The van der Waals surface area contributed by atoms with Crippen LogP contribution in [0.1, 0.15) is 18.5 Å². The Labute approximate surface area is 123 Å². The van der Waals surface area contributed by atoms with Gasteiger partial charge in [0.05, 0.1) is 6.61 Å². The number of rotatable bonds is 5. The average molecular weight is 289 g/mol. The standard InChI is InChI=1S/C16H20FN3O/c17-15-5-1-2-6-16(15)21-12-13-4-3-9-20(10-13)11-14-7-8-18-19-14/h1-2,5-8,13H,3-4,9-12H2,(H,18,19)/t13-/m1/s1.